The maximum absolute atomic E-state index is 11.1. The first-order chi connectivity index (χ1) is 14.6. The SMILES string of the molecule is CCCCCCCCCCCCCCCCCCCCNC(CCC(=O)O)C(=O)O. The Bertz CT molecular complexity index is 401. The van der Waals surface area contributed by atoms with E-state index in [9.17, 15) is 9.59 Å². The number of nitrogens with one attached hydrogen (secondary N) is 1. The molecule has 0 aliphatic rings. The van der Waals surface area contributed by atoms with E-state index in [1.165, 1.54) is 103 Å². The van der Waals surface area contributed by atoms with Gasteiger partial charge in [-0.1, -0.05) is 116 Å². The van der Waals surface area contributed by atoms with Gasteiger partial charge in [-0.05, 0) is 19.4 Å². The lowest BCUT2D eigenvalue weighted by Gasteiger charge is -2.13. The molecule has 0 heterocycles. The summed E-state index contributed by atoms with van der Waals surface area (Å²) in [7, 11) is 0. The van der Waals surface area contributed by atoms with Crippen LogP contribution in [0.4, 0.5) is 0 Å². The average Bonchev–Trinajstić information content (AvgIpc) is 2.71. The highest BCUT2D eigenvalue weighted by molar-refractivity contribution is 5.75. The number of aliphatic carboxylic acids is 2. The van der Waals surface area contributed by atoms with Crippen LogP contribution in [0.25, 0.3) is 0 Å². The Morgan fingerprint density at radius 2 is 1.00 bits per heavy atom. The number of carboxylic acid groups (broad SMARTS) is 2. The number of hydrogen-bond acceptors (Lipinski definition) is 3. The zero-order chi connectivity index (χ0) is 22.3. The highest BCUT2D eigenvalue weighted by Gasteiger charge is 2.17. The van der Waals surface area contributed by atoms with Crippen LogP contribution in [0.15, 0.2) is 0 Å². The van der Waals surface area contributed by atoms with Gasteiger partial charge in [0.05, 0.1) is 0 Å². The van der Waals surface area contributed by atoms with Crippen LogP contribution in [0.5, 0.6) is 0 Å². The van der Waals surface area contributed by atoms with Gasteiger partial charge >= 0.3 is 11.9 Å². The second-order valence-electron chi connectivity index (χ2n) is 8.79. The molecule has 178 valence electrons. The van der Waals surface area contributed by atoms with E-state index in [-0.39, 0.29) is 12.8 Å². The molecule has 0 fully saturated rings. The zero-order valence-electron chi connectivity index (χ0n) is 19.6. The summed E-state index contributed by atoms with van der Waals surface area (Å²) in [4.78, 5) is 21.6. The summed E-state index contributed by atoms with van der Waals surface area (Å²) in [5.74, 6) is -1.91. The van der Waals surface area contributed by atoms with Crippen LogP contribution < -0.4 is 5.32 Å². The Morgan fingerprint density at radius 1 is 0.633 bits per heavy atom. The first-order valence-electron chi connectivity index (χ1n) is 12.8. The molecule has 1 unspecified atom stereocenters. The van der Waals surface area contributed by atoms with Gasteiger partial charge in [0.25, 0.3) is 0 Å². The molecule has 5 heteroatoms. The first-order valence-corrected chi connectivity index (χ1v) is 12.8. The molecule has 0 aromatic rings. The molecule has 5 nitrogen and oxygen atoms in total. The summed E-state index contributed by atoms with van der Waals surface area (Å²) < 4.78 is 0. The Kier molecular flexibility index (Phi) is 21.8. The summed E-state index contributed by atoms with van der Waals surface area (Å²) in [5.41, 5.74) is 0. The highest BCUT2D eigenvalue weighted by Crippen LogP contribution is 2.14. The van der Waals surface area contributed by atoms with Crippen LogP contribution in [0.3, 0.4) is 0 Å². The molecule has 0 saturated heterocycles. The first kappa shape index (κ1) is 28.9. The molecule has 0 aliphatic carbocycles. The summed E-state index contributed by atoms with van der Waals surface area (Å²) in [6.07, 6.45) is 24.1. The van der Waals surface area contributed by atoms with Crippen molar-refractivity contribution in [2.45, 2.75) is 141 Å². The van der Waals surface area contributed by atoms with Gasteiger partial charge in [-0.3, -0.25) is 9.59 Å². The van der Waals surface area contributed by atoms with Gasteiger partial charge in [-0.15, -0.1) is 0 Å². The van der Waals surface area contributed by atoms with Crippen LogP contribution in [-0.4, -0.2) is 34.7 Å². The minimum absolute atomic E-state index is 0.108. The fraction of sp³-hybridized carbons (Fsp3) is 0.920. The molecule has 0 aromatic carbocycles. The van der Waals surface area contributed by atoms with Crippen molar-refractivity contribution >= 4 is 11.9 Å². The predicted octanol–water partition coefficient (Wildman–Crippen LogP) is 6.94. The smallest absolute Gasteiger partial charge is 0.320 e. The lowest BCUT2D eigenvalue weighted by Crippen LogP contribution is -2.37. The van der Waals surface area contributed by atoms with E-state index in [4.69, 9.17) is 10.2 Å². The number of rotatable bonds is 24. The number of unbranched alkanes of at least 4 members (excludes halogenated alkanes) is 17. The Balaban J connectivity index is 3.25. The topological polar surface area (TPSA) is 86.6 Å². The van der Waals surface area contributed by atoms with Crippen molar-refractivity contribution in [3.63, 3.8) is 0 Å². The van der Waals surface area contributed by atoms with Gasteiger partial charge in [0.1, 0.15) is 6.04 Å². The van der Waals surface area contributed by atoms with Crippen LogP contribution >= 0.6 is 0 Å². The molecule has 0 saturated carbocycles. The summed E-state index contributed by atoms with van der Waals surface area (Å²) in [5, 5.41) is 20.7. The Morgan fingerprint density at radius 3 is 1.33 bits per heavy atom. The number of hydrogen-bond donors (Lipinski definition) is 3. The second-order valence-corrected chi connectivity index (χ2v) is 8.79. The van der Waals surface area contributed by atoms with Crippen molar-refractivity contribution in [3.8, 4) is 0 Å². The molecule has 0 amide bonds. The van der Waals surface area contributed by atoms with Crippen molar-refractivity contribution in [3.05, 3.63) is 0 Å². The van der Waals surface area contributed by atoms with Crippen LogP contribution in [0.2, 0.25) is 0 Å². The number of carboxylic acids is 2. The maximum atomic E-state index is 11.1. The normalized spacial score (nSPS) is 12.2. The Hall–Kier alpha value is -1.10. The third kappa shape index (κ3) is 21.6. The van der Waals surface area contributed by atoms with Crippen molar-refractivity contribution in [1.82, 2.24) is 5.32 Å². The van der Waals surface area contributed by atoms with Gasteiger partial charge < -0.3 is 15.5 Å². The minimum Gasteiger partial charge on any atom is -0.481 e. The summed E-state index contributed by atoms with van der Waals surface area (Å²) >= 11 is 0. The van der Waals surface area contributed by atoms with Crippen molar-refractivity contribution in [2.75, 3.05) is 6.54 Å². The van der Waals surface area contributed by atoms with Crippen molar-refractivity contribution in [2.24, 2.45) is 0 Å². The molecule has 3 N–H and O–H groups in total. The third-order valence-corrected chi connectivity index (χ3v) is 5.87. The Labute approximate surface area is 185 Å². The quantitative estimate of drug-likeness (QED) is 0.145. The fourth-order valence-corrected chi connectivity index (χ4v) is 3.88. The monoisotopic (exact) mass is 427 g/mol. The molecular formula is C25H49NO4. The van der Waals surface area contributed by atoms with Crippen molar-refractivity contribution in [1.29, 1.82) is 0 Å². The van der Waals surface area contributed by atoms with Crippen LogP contribution in [0.1, 0.15) is 135 Å². The van der Waals surface area contributed by atoms with Gasteiger partial charge in [0, 0.05) is 6.42 Å². The van der Waals surface area contributed by atoms with Gasteiger partial charge in [-0.2, -0.15) is 0 Å². The molecule has 0 aliphatic heterocycles. The van der Waals surface area contributed by atoms with Gasteiger partial charge in [0.15, 0.2) is 0 Å². The van der Waals surface area contributed by atoms with E-state index >= 15 is 0 Å². The molecule has 0 aromatic heterocycles. The summed E-state index contributed by atoms with van der Waals surface area (Å²) in [6, 6.07) is -0.744. The molecule has 30 heavy (non-hydrogen) atoms. The van der Waals surface area contributed by atoms with E-state index in [0.717, 1.165) is 12.8 Å². The lowest BCUT2D eigenvalue weighted by atomic mass is 10.0. The predicted molar refractivity (Wildman–Crippen MR) is 125 cm³/mol. The van der Waals surface area contributed by atoms with Gasteiger partial charge in [-0.25, -0.2) is 0 Å². The molecule has 0 spiro atoms. The van der Waals surface area contributed by atoms with Crippen LogP contribution in [0, 0.1) is 0 Å². The van der Waals surface area contributed by atoms with Crippen LogP contribution in [-0.2, 0) is 9.59 Å². The van der Waals surface area contributed by atoms with E-state index in [1.807, 2.05) is 0 Å². The molecule has 0 bridgehead atoms. The minimum atomic E-state index is -0.960. The highest BCUT2D eigenvalue weighted by atomic mass is 16.4. The fourth-order valence-electron chi connectivity index (χ4n) is 3.88. The van der Waals surface area contributed by atoms with E-state index < -0.39 is 18.0 Å². The number of carbonyl (C=O) groups is 2. The molecular weight excluding hydrogens is 378 g/mol. The summed E-state index contributed by atoms with van der Waals surface area (Å²) in [6.45, 7) is 2.92. The largest absolute Gasteiger partial charge is 0.481 e. The van der Waals surface area contributed by atoms with E-state index in [2.05, 4.69) is 12.2 Å². The molecule has 0 radical (unpaired) electrons. The van der Waals surface area contributed by atoms with E-state index in [0.29, 0.717) is 6.54 Å². The standard InChI is InChI=1S/C25H49NO4/c1-2-3-4-5-6-7-8-9-10-11-12-13-14-15-16-17-18-19-22-26-23(25(29)30)20-21-24(27)28/h23,26H,2-22H2,1H3,(H,27,28)(H,29,30). The maximum Gasteiger partial charge on any atom is 0.320 e. The third-order valence-electron chi connectivity index (χ3n) is 5.87. The molecule has 0 rings (SSSR count). The van der Waals surface area contributed by atoms with Crippen molar-refractivity contribution < 1.29 is 19.8 Å². The zero-order valence-corrected chi connectivity index (χ0v) is 19.6. The molecule has 1 atom stereocenters. The average molecular weight is 428 g/mol. The van der Waals surface area contributed by atoms with E-state index in [1.54, 1.807) is 0 Å². The second kappa shape index (κ2) is 22.6. The van der Waals surface area contributed by atoms with Gasteiger partial charge in [0.2, 0.25) is 0 Å². The lowest BCUT2D eigenvalue weighted by molar-refractivity contribution is -0.140.